The van der Waals surface area contributed by atoms with Gasteiger partial charge in [0.25, 0.3) is 0 Å². The Kier molecular flexibility index (Phi) is 15.1. The summed E-state index contributed by atoms with van der Waals surface area (Å²) in [7, 11) is 0. The highest BCUT2D eigenvalue weighted by atomic mass is 35.5. The van der Waals surface area contributed by atoms with E-state index in [1.807, 2.05) is 13.0 Å². The lowest BCUT2D eigenvalue weighted by atomic mass is 10.2. The largest absolute Gasteiger partial charge is 0.355 e. The van der Waals surface area contributed by atoms with Crippen molar-refractivity contribution < 1.29 is 4.79 Å². The van der Waals surface area contributed by atoms with Crippen LogP contribution in [-0.4, -0.2) is 66.1 Å². The van der Waals surface area contributed by atoms with Crippen molar-refractivity contribution in [3.05, 3.63) is 18.5 Å². The van der Waals surface area contributed by atoms with Gasteiger partial charge in [0.05, 0.1) is 0 Å². The molecule has 0 aromatic carbocycles. The molecule has 1 aliphatic rings. The van der Waals surface area contributed by atoms with Gasteiger partial charge >= 0.3 is 0 Å². The molecule has 2 heterocycles. The van der Waals surface area contributed by atoms with Gasteiger partial charge in [0.2, 0.25) is 11.9 Å². The molecular weight excluding hydrogens is 387 g/mol. The summed E-state index contributed by atoms with van der Waals surface area (Å²) < 4.78 is 0. The molecule has 1 atom stereocenters. The molecule has 1 unspecified atom stereocenters. The summed E-state index contributed by atoms with van der Waals surface area (Å²) in [5, 5.41) is 2.95. The normalized spacial score (nSPS) is 15.2. The van der Waals surface area contributed by atoms with E-state index in [0.29, 0.717) is 13.0 Å². The molecule has 0 spiro atoms. The van der Waals surface area contributed by atoms with E-state index < -0.39 is 0 Å². The Labute approximate surface area is 168 Å². The van der Waals surface area contributed by atoms with Gasteiger partial charge in [-0.1, -0.05) is 0 Å². The van der Waals surface area contributed by atoms with Crippen molar-refractivity contribution in [3.63, 3.8) is 0 Å². The average Bonchev–Trinajstić information content (AvgIpc) is 2.54. The number of nitrogens with one attached hydrogen (secondary N) is 1. The Morgan fingerprint density at radius 3 is 2.36 bits per heavy atom. The van der Waals surface area contributed by atoms with Crippen LogP contribution in [0.4, 0.5) is 5.95 Å². The van der Waals surface area contributed by atoms with Gasteiger partial charge in [-0.15, -0.1) is 37.2 Å². The highest BCUT2D eigenvalue weighted by Crippen LogP contribution is 2.09. The van der Waals surface area contributed by atoms with Crippen molar-refractivity contribution in [1.29, 1.82) is 0 Å². The van der Waals surface area contributed by atoms with E-state index in [0.717, 1.165) is 45.1 Å². The minimum absolute atomic E-state index is 0. The highest BCUT2D eigenvalue weighted by Gasteiger charge is 2.18. The maximum atomic E-state index is 11.6. The minimum atomic E-state index is 0. The van der Waals surface area contributed by atoms with Crippen molar-refractivity contribution in [2.45, 2.75) is 25.8 Å². The van der Waals surface area contributed by atoms with Crippen molar-refractivity contribution in [3.8, 4) is 0 Å². The topological polar surface area (TPSA) is 87.4 Å². The lowest BCUT2D eigenvalue weighted by Crippen LogP contribution is -2.49. The van der Waals surface area contributed by atoms with Crippen LogP contribution in [0, 0.1) is 0 Å². The number of amides is 1. The molecule has 2 rings (SSSR count). The number of rotatable bonds is 7. The Morgan fingerprint density at radius 1 is 1.20 bits per heavy atom. The van der Waals surface area contributed by atoms with Crippen LogP contribution in [0.25, 0.3) is 0 Å². The fraction of sp³-hybridized carbons (Fsp3) is 0.667. The van der Waals surface area contributed by atoms with Gasteiger partial charge in [0.1, 0.15) is 0 Å². The zero-order valence-corrected chi connectivity index (χ0v) is 16.9. The quantitative estimate of drug-likeness (QED) is 0.693. The van der Waals surface area contributed by atoms with Crippen LogP contribution in [0.5, 0.6) is 0 Å². The van der Waals surface area contributed by atoms with Gasteiger partial charge in [-0.3, -0.25) is 9.69 Å². The first-order valence-electron chi connectivity index (χ1n) is 7.92. The van der Waals surface area contributed by atoms with E-state index in [1.54, 1.807) is 12.4 Å². The first kappa shape index (κ1) is 26.4. The summed E-state index contributed by atoms with van der Waals surface area (Å²) >= 11 is 0. The minimum Gasteiger partial charge on any atom is -0.355 e. The molecule has 1 amide bonds. The molecule has 0 radical (unpaired) electrons. The van der Waals surface area contributed by atoms with Crippen LogP contribution in [0.15, 0.2) is 18.5 Å². The second kappa shape index (κ2) is 14.3. The molecule has 1 saturated heterocycles. The number of hydrogen-bond donors (Lipinski definition) is 2. The summed E-state index contributed by atoms with van der Waals surface area (Å²) in [5.41, 5.74) is 5.64. The van der Waals surface area contributed by atoms with Crippen molar-refractivity contribution in [1.82, 2.24) is 20.2 Å². The summed E-state index contributed by atoms with van der Waals surface area (Å²) in [6.07, 6.45) is 4.79. The van der Waals surface area contributed by atoms with E-state index in [9.17, 15) is 4.79 Å². The third-order valence-corrected chi connectivity index (χ3v) is 3.78. The second-order valence-electron chi connectivity index (χ2n) is 5.74. The van der Waals surface area contributed by atoms with Gasteiger partial charge in [-0.2, -0.15) is 0 Å². The van der Waals surface area contributed by atoms with Gasteiger partial charge in [0.15, 0.2) is 0 Å². The first-order valence-corrected chi connectivity index (χ1v) is 7.92. The Balaban J connectivity index is 0. The Morgan fingerprint density at radius 2 is 1.80 bits per heavy atom. The summed E-state index contributed by atoms with van der Waals surface area (Å²) in [6.45, 7) is 7.27. The van der Waals surface area contributed by atoms with Gasteiger partial charge in [-0.25, -0.2) is 9.97 Å². The maximum Gasteiger partial charge on any atom is 0.225 e. The van der Waals surface area contributed by atoms with Crippen molar-refractivity contribution in [2.75, 3.05) is 44.2 Å². The van der Waals surface area contributed by atoms with Crippen molar-refractivity contribution in [2.24, 2.45) is 5.73 Å². The smallest absolute Gasteiger partial charge is 0.225 e. The van der Waals surface area contributed by atoms with Crippen LogP contribution in [0.3, 0.4) is 0 Å². The van der Waals surface area contributed by atoms with Crippen molar-refractivity contribution >= 4 is 49.1 Å². The van der Waals surface area contributed by atoms with Crippen LogP contribution in [0.1, 0.15) is 19.8 Å². The molecule has 0 bridgehead atoms. The van der Waals surface area contributed by atoms with E-state index in [-0.39, 0.29) is 49.2 Å². The number of aromatic nitrogens is 2. The monoisotopic (exact) mass is 414 g/mol. The Hall–Kier alpha value is -0.860. The van der Waals surface area contributed by atoms with Gasteiger partial charge in [0, 0.05) is 64.1 Å². The molecule has 146 valence electrons. The standard InChI is InChI=1S/C15H26N6O.3ClH/c1-13(16)3-4-14(22)17-7-8-20-9-11-21(12-10-20)15-18-5-2-6-19-15;;;/h2,5-6,13H,3-4,7-12,16H2,1H3,(H,17,22);3*1H. The third-order valence-electron chi connectivity index (χ3n) is 3.78. The molecule has 1 aromatic rings. The van der Waals surface area contributed by atoms with E-state index in [4.69, 9.17) is 5.73 Å². The number of halogens is 3. The van der Waals surface area contributed by atoms with Crippen LogP contribution in [-0.2, 0) is 4.79 Å². The number of hydrogen-bond acceptors (Lipinski definition) is 6. The maximum absolute atomic E-state index is 11.6. The molecule has 10 heteroatoms. The predicted molar refractivity (Wildman–Crippen MR) is 108 cm³/mol. The summed E-state index contributed by atoms with van der Waals surface area (Å²) in [5.74, 6) is 0.889. The van der Waals surface area contributed by atoms with E-state index >= 15 is 0 Å². The second-order valence-corrected chi connectivity index (χ2v) is 5.74. The van der Waals surface area contributed by atoms with Gasteiger partial charge in [-0.05, 0) is 19.4 Å². The number of carbonyl (C=O) groups excluding carboxylic acids is 1. The summed E-state index contributed by atoms with van der Waals surface area (Å²) in [6, 6.07) is 1.91. The number of nitrogens with two attached hydrogens (primary N) is 1. The Bertz CT molecular complexity index is 458. The van der Waals surface area contributed by atoms with Crippen LogP contribution < -0.4 is 16.0 Å². The molecule has 0 saturated carbocycles. The molecule has 1 aliphatic heterocycles. The molecule has 3 N–H and O–H groups in total. The lowest BCUT2D eigenvalue weighted by Gasteiger charge is -2.34. The van der Waals surface area contributed by atoms with E-state index in [1.165, 1.54) is 0 Å². The molecule has 1 aromatic heterocycles. The fourth-order valence-corrected chi connectivity index (χ4v) is 2.43. The molecule has 0 aliphatic carbocycles. The number of carbonyl (C=O) groups is 1. The lowest BCUT2D eigenvalue weighted by molar-refractivity contribution is -0.121. The predicted octanol–water partition coefficient (Wildman–Crippen LogP) is 1.11. The van der Waals surface area contributed by atoms with Crippen LogP contribution in [0.2, 0.25) is 0 Å². The zero-order chi connectivity index (χ0) is 15.8. The first-order chi connectivity index (χ1) is 10.6. The molecule has 1 fully saturated rings. The third kappa shape index (κ3) is 10.0. The zero-order valence-electron chi connectivity index (χ0n) is 14.5. The van der Waals surface area contributed by atoms with Crippen LogP contribution >= 0.6 is 37.2 Å². The number of piperazine rings is 1. The average molecular weight is 416 g/mol. The number of nitrogens with zero attached hydrogens (tertiary/aromatic N) is 4. The van der Waals surface area contributed by atoms with E-state index in [2.05, 4.69) is 25.1 Å². The fourth-order valence-electron chi connectivity index (χ4n) is 2.43. The highest BCUT2D eigenvalue weighted by molar-refractivity contribution is 5.86. The molecule has 25 heavy (non-hydrogen) atoms. The SMILES string of the molecule is CC(N)CCC(=O)NCCN1CCN(c2ncccn2)CC1.Cl.Cl.Cl. The summed E-state index contributed by atoms with van der Waals surface area (Å²) in [4.78, 5) is 24.7. The molecule has 7 nitrogen and oxygen atoms in total. The van der Waals surface area contributed by atoms with Gasteiger partial charge < -0.3 is 16.0 Å². The number of anilines is 1. The molecular formula is C15H29Cl3N6O.